The van der Waals surface area contributed by atoms with E-state index in [9.17, 15) is 4.79 Å². The second-order valence-electron chi connectivity index (χ2n) is 6.72. The summed E-state index contributed by atoms with van der Waals surface area (Å²) in [6, 6.07) is 11.0. The van der Waals surface area contributed by atoms with Crippen molar-refractivity contribution in [3.05, 3.63) is 66.7 Å². The molecule has 0 bridgehead atoms. The Labute approximate surface area is 193 Å². The van der Waals surface area contributed by atoms with Crippen molar-refractivity contribution >= 4 is 63.5 Å². The zero-order valence-electron chi connectivity index (χ0n) is 15.9. The number of halogens is 3. The van der Waals surface area contributed by atoms with Crippen molar-refractivity contribution < 1.29 is 14.5 Å². The van der Waals surface area contributed by atoms with Crippen molar-refractivity contribution in [1.82, 2.24) is 0 Å². The van der Waals surface area contributed by atoms with Crippen LogP contribution in [0.3, 0.4) is 0 Å². The maximum absolute atomic E-state index is 12.4. The summed E-state index contributed by atoms with van der Waals surface area (Å²) in [6.07, 6.45) is 2.23. The van der Waals surface area contributed by atoms with Crippen molar-refractivity contribution in [3.8, 4) is 0 Å². The van der Waals surface area contributed by atoms with E-state index in [-0.39, 0.29) is 12.2 Å². The van der Waals surface area contributed by atoms with Gasteiger partial charge in [-0.25, -0.2) is 0 Å². The third-order valence-corrected chi connectivity index (χ3v) is 5.82. The van der Waals surface area contributed by atoms with E-state index in [1.165, 1.54) is 6.21 Å². The Bertz CT molecular complexity index is 974. The molecular formula is C21H19Cl2IN2O3. The number of ketones is 1. The zero-order valence-corrected chi connectivity index (χ0v) is 19.6. The van der Waals surface area contributed by atoms with Crippen LogP contribution >= 0.6 is 45.8 Å². The maximum atomic E-state index is 12.4. The molecule has 0 spiro atoms. The van der Waals surface area contributed by atoms with Crippen LogP contribution in [0.25, 0.3) is 0 Å². The second kappa shape index (κ2) is 9.45. The molecular weight excluding hydrogens is 526 g/mol. The average Bonchev–Trinajstić information content (AvgIpc) is 3.08. The zero-order chi connectivity index (χ0) is 21.0. The lowest BCUT2D eigenvalue weighted by atomic mass is 9.89. The Balaban J connectivity index is 1.75. The fraction of sp³-hybridized carbons (Fsp3) is 0.286. The smallest absolute Gasteiger partial charge is 0.169 e. The minimum Gasteiger partial charge on any atom is -0.396 e. The monoisotopic (exact) mass is 544 g/mol. The lowest BCUT2D eigenvalue weighted by Crippen LogP contribution is -2.22. The van der Waals surface area contributed by atoms with Crippen LogP contribution in [0.2, 0.25) is 10.0 Å². The normalized spacial score (nSPS) is 18.6. The molecule has 29 heavy (non-hydrogen) atoms. The second-order valence-corrected chi connectivity index (χ2v) is 8.76. The molecule has 0 aromatic heterocycles. The molecule has 0 fully saturated rings. The van der Waals surface area contributed by atoms with Gasteiger partial charge in [-0.2, -0.15) is 0 Å². The molecule has 0 radical (unpaired) electrons. The van der Waals surface area contributed by atoms with Gasteiger partial charge in [0, 0.05) is 43.1 Å². The summed E-state index contributed by atoms with van der Waals surface area (Å²) in [6.45, 7) is 4.26. The Kier molecular flexibility index (Phi) is 7.19. The predicted molar refractivity (Wildman–Crippen MR) is 124 cm³/mol. The highest BCUT2D eigenvalue weighted by molar-refractivity contribution is 14.1. The number of nitrogens with zero attached hydrogens (tertiary/aromatic N) is 2. The molecule has 1 aliphatic rings. The molecule has 5 nitrogen and oxygen atoms in total. The molecule has 1 unspecified atom stereocenters. The molecule has 2 aromatic carbocycles. The molecule has 1 atom stereocenters. The van der Waals surface area contributed by atoms with Gasteiger partial charge in [0.1, 0.15) is 6.61 Å². The first-order valence-corrected chi connectivity index (χ1v) is 10.8. The van der Waals surface area contributed by atoms with Gasteiger partial charge in [0.25, 0.3) is 0 Å². The summed E-state index contributed by atoms with van der Waals surface area (Å²) >= 11 is 14.4. The first-order chi connectivity index (χ1) is 13.8. The molecule has 1 heterocycles. The van der Waals surface area contributed by atoms with Crippen molar-refractivity contribution in [2.24, 2.45) is 10.3 Å². The van der Waals surface area contributed by atoms with Gasteiger partial charge in [-0.05, 0) is 66.8 Å². The van der Waals surface area contributed by atoms with Crippen LogP contribution in [-0.4, -0.2) is 24.3 Å². The maximum Gasteiger partial charge on any atom is 0.169 e. The van der Waals surface area contributed by atoms with Crippen LogP contribution in [0.4, 0.5) is 0 Å². The van der Waals surface area contributed by atoms with Crippen LogP contribution in [0.1, 0.15) is 48.2 Å². The summed E-state index contributed by atoms with van der Waals surface area (Å²) < 4.78 is 0.844. The van der Waals surface area contributed by atoms with E-state index >= 15 is 0 Å². The van der Waals surface area contributed by atoms with Gasteiger partial charge in [-0.15, -0.1) is 0 Å². The number of rotatable bonds is 7. The highest BCUT2D eigenvalue weighted by atomic mass is 127. The van der Waals surface area contributed by atoms with Crippen LogP contribution in [0, 0.1) is 3.57 Å². The standard InChI is InChI=1S/C21H19Cl2IN2O3/c1-3-28-25-7-6-20(27)17-5-4-13(8-18(17)24)19-12-21(2,29-26-19)14-9-15(22)11-16(23)10-14/h4-5,7-11H,3,6,12H2,1-2H3. The molecule has 0 amide bonds. The largest absolute Gasteiger partial charge is 0.396 e. The van der Waals surface area contributed by atoms with Crippen LogP contribution < -0.4 is 0 Å². The van der Waals surface area contributed by atoms with E-state index in [0.717, 1.165) is 20.4 Å². The first-order valence-electron chi connectivity index (χ1n) is 9.01. The van der Waals surface area contributed by atoms with Crippen molar-refractivity contribution in [2.45, 2.75) is 32.3 Å². The van der Waals surface area contributed by atoms with Gasteiger partial charge in [-0.3, -0.25) is 4.79 Å². The van der Waals surface area contributed by atoms with Gasteiger partial charge in [0.2, 0.25) is 0 Å². The number of oxime groups is 2. The Morgan fingerprint density at radius 2 is 2.03 bits per heavy atom. The summed E-state index contributed by atoms with van der Waals surface area (Å²) in [7, 11) is 0. The van der Waals surface area contributed by atoms with E-state index in [0.29, 0.717) is 28.6 Å². The number of carbonyl (C=O) groups is 1. The number of hydrogen-bond donors (Lipinski definition) is 0. The molecule has 0 aliphatic carbocycles. The van der Waals surface area contributed by atoms with Gasteiger partial charge >= 0.3 is 0 Å². The van der Waals surface area contributed by atoms with Gasteiger partial charge in [-0.1, -0.05) is 39.6 Å². The van der Waals surface area contributed by atoms with E-state index in [2.05, 4.69) is 32.9 Å². The molecule has 3 rings (SSSR count). The average molecular weight is 545 g/mol. The van der Waals surface area contributed by atoms with Crippen molar-refractivity contribution in [2.75, 3.05) is 6.61 Å². The van der Waals surface area contributed by atoms with E-state index < -0.39 is 5.60 Å². The molecule has 0 saturated carbocycles. The lowest BCUT2D eigenvalue weighted by molar-refractivity contribution is -0.00737. The van der Waals surface area contributed by atoms with Gasteiger partial charge < -0.3 is 9.68 Å². The Morgan fingerprint density at radius 3 is 2.69 bits per heavy atom. The molecule has 152 valence electrons. The van der Waals surface area contributed by atoms with Crippen LogP contribution in [-0.2, 0) is 15.3 Å². The summed E-state index contributed by atoms with van der Waals surface area (Å²) in [5.41, 5.74) is 2.56. The Morgan fingerprint density at radius 1 is 1.31 bits per heavy atom. The molecule has 8 heteroatoms. The molecule has 1 aliphatic heterocycles. The number of Topliss-reactive ketones (excluding diaryl/α,β-unsaturated/α-hetero) is 1. The highest BCUT2D eigenvalue weighted by Gasteiger charge is 2.37. The van der Waals surface area contributed by atoms with Crippen molar-refractivity contribution in [1.29, 1.82) is 0 Å². The fourth-order valence-corrected chi connectivity index (χ4v) is 4.33. The third kappa shape index (κ3) is 5.29. The number of hydrogen-bond acceptors (Lipinski definition) is 5. The van der Waals surface area contributed by atoms with Gasteiger partial charge in [0.15, 0.2) is 11.4 Å². The molecule has 0 N–H and O–H groups in total. The summed E-state index contributed by atoms with van der Waals surface area (Å²) in [5.74, 6) is -0.0209. The Hall–Kier alpha value is -1.64. The predicted octanol–water partition coefficient (Wildman–Crippen LogP) is 6.23. The SMILES string of the molecule is CCON=CCC(=O)c1ccc(C2=NOC(C)(c3cc(Cl)cc(Cl)c3)C2)cc1I. The van der Waals surface area contributed by atoms with Crippen LogP contribution in [0.15, 0.2) is 46.7 Å². The minimum absolute atomic E-state index is 0.0209. The minimum atomic E-state index is -0.653. The summed E-state index contributed by atoms with van der Waals surface area (Å²) in [4.78, 5) is 23.0. The molecule has 2 aromatic rings. The number of benzene rings is 2. The first kappa shape index (κ1) is 22.1. The van der Waals surface area contributed by atoms with E-state index in [1.807, 2.05) is 44.2 Å². The highest BCUT2D eigenvalue weighted by Crippen LogP contribution is 2.38. The van der Waals surface area contributed by atoms with E-state index in [4.69, 9.17) is 32.9 Å². The van der Waals surface area contributed by atoms with Crippen LogP contribution in [0.5, 0.6) is 0 Å². The lowest BCUT2D eigenvalue weighted by Gasteiger charge is -2.22. The van der Waals surface area contributed by atoms with E-state index in [1.54, 1.807) is 6.07 Å². The fourth-order valence-electron chi connectivity index (χ4n) is 2.99. The van der Waals surface area contributed by atoms with Gasteiger partial charge in [0.05, 0.1) is 11.9 Å². The topological polar surface area (TPSA) is 60.2 Å². The third-order valence-electron chi connectivity index (χ3n) is 4.49. The molecule has 0 saturated heterocycles. The quantitative estimate of drug-likeness (QED) is 0.179. The summed E-state index contributed by atoms with van der Waals surface area (Å²) in [5, 5.41) is 9.11. The number of carbonyl (C=O) groups excluding carboxylic acids is 1. The van der Waals surface area contributed by atoms with Crippen molar-refractivity contribution in [3.63, 3.8) is 0 Å².